The van der Waals surface area contributed by atoms with Gasteiger partial charge in [-0.25, -0.2) is 23.1 Å². The quantitative estimate of drug-likeness (QED) is 0.0253. The van der Waals surface area contributed by atoms with Gasteiger partial charge in [-0.15, -0.1) is 0 Å². The van der Waals surface area contributed by atoms with Crippen molar-refractivity contribution in [1.82, 2.24) is 0 Å². The lowest BCUT2D eigenvalue weighted by Gasteiger charge is -2.52. The normalized spacial score (nSPS) is 45.4. The molecule has 60 nitrogen and oxygen atoms in total. The highest BCUT2D eigenvalue weighted by atomic mass is 31.3. The van der Waals surface area contributed by atoms with E-state index in [1.807, 2.05) is 0 Å². The van der Waals surface area contributed by atoms with Crippen molar-refractivity contribution in [3.63, 3.8) is 0 Å². The van der Waals surface area contributed by atoms with Crippen LogP contribution in [0.15, 0.2) is 0 Å². The number of aliphatic hydroxyl groups excluding tert-OH is 25. The summed E-state index contributed by atoms with van der Waals surface area (Å²) < 4.78 is 167. The SMILES string of the molecule is NCCOP(=O)(O)O[C@@H](CO)[C@H]1O[C@H](O[C@@H]2[C@H](O)[C@@H](O[C@H]3[C@@H]([C@H](O)CO)O[C@@](O)(C(=O)O)C[C@H]3OP(=O)(O)OP(=O)(O)OCCN)O[C@H]([C@@H](O)CO)[C@H]2O[C@@H]2O[C@H](COP(=O)(O)O)[C@@H](O)[C@H](O)[C@H]2O)[C@@H](O[C@H]2O[C@H]([C@@H](O)CO)[C@@H](O)[C@H](O)[C@@H]2O[C@@H]2O[C@H](CO)[C@@H](O[C@@H]3O[C@H](CO)[C@H](O[C@H]4O[C@H](CO)[C@H](O)[C@H](O)[C@H]4O)[C@H](O)[C@H]3O)[C@H](O)[C@H]2O)[C@@H](O)[C@@H]1O. The van der Waals surface area contributed by atoms with Gasteiger partial charge in [-0.05, 0) is 0 Å². The van der Waals surface area contributed by atoms with Gasteiger partial charge in [-0.1, -0.05) is 0 Å². The average molecular weight is 1870 g/mol. The van der Waals surface area contributed by atoms with E-state index in [0.717, 1.165) is 0 Å². The smallest absolute Gasteiger partial charge is 0.477 e. The van der Waals surface area contributed by atoms with Crippen molar-refractivity contribution in [2.24, 2.45) is 11.5 Å². The molecule has 46 atom stereocenters. The number of hydrogen-bond acceptors (Lipinski definition) is 54. The summed E-state index contributed by atoms with van der Waals surface area (Å²) in [6.45, 7) is -14.0. The van der Waals surface area contributed by atoms with E-state index in [2.05, 4.69) is 13.4 Å². The molecule has 0 saturated carbocycles. The number of nitrogens with two attached hydrogens (primary N) is 2. The number of aliphatic carboxylic acids is 1. The number of carboxylic acid groups (broad SMARTS) is 1. The predicted octanol–water partition coefficient (Wildman–Crippen LogP) is -20.1. The monoisotopic (exact) mass is 1870 g/mol. The van der Waals surface area contributed by atoms with Crippen LogP contribution in [0.5, 0.6) is 0 Å². The maximum absolute atomic E-state index is 13.7. The van der Waals surface area contributed by atoms with Gasteiger partial charge in [0.15, 0.2) is 44.0 Å². The third kappa shape index (κ3) is 25.1. The van der Waals surface area contributed by atoms with Crippen LogP contribution in [0.25, 0.3) is 0 Å². The van der Waals surface area contributed by atoms with Crippen LogP contribution in [0.3, 0.4) is 0 Å². The lowest BCUT2D eigenvalue weighted by atomic mass is 9.91. The Balaban J connectivity index is 1.23. The lowest BCUT2D eigenvalue weighted by molar-refractivity contribution is -0.421. The van der Waals surface area contributed by atoms with Gasteiger partial charge in [-0.3, -0.25) is 22.6 Å². The second-order valence-electron chi connectivity index (χ2n) is 28.3. The van der Waals surface area contributed by atoms with E-state index in [0.29, 0.717) is 0 Å². The van der Waals surface area contributed by atoms with E-state index in [4.69, 9.17) is 96.1 Å². The zero-order chi connectivity index (χ0) is 90.4. The van der Waals surface area contributed by atoms with Gasteiger partial charge in [0.2, 0.25) is 0 Å². The van der Waals surface area contributed by atoms with Crippen LogP contribution < -0.4 is 11.5 Å². The Labute approximate surface area is 679 Å². The van der Waals surface area contributed by atoms with Gasteiger partial charge in [0.25, 0.3) is 5.79 Å². The van der Waals surface area contributed by atoms with Gasteiger partial charge in [-0.2, -0.15) is 4.31 Å². The van der Waals surface area contributed by atoms with E-state index in [9.17, 15) is 185 Å². The Bertz CT molecular complexity index is 3390. The summed E-state index contributed by atoms with van der Waals surface area (Å²) in [6.07, 6.45) is -109. The van der Waals surface area contributed by atoms with Crippen LogP contribution in [0, 0.1) is 0 Å². The van der Waals surface area contributed by atoms with Crippen LogP contribution >= 0.6 is 31.3 Å². The van der Waals surface area contributed by atoms with Gasteiger partial charge < -0.3 is 245 Å². The fraction of sp³-hybridized carbons (Fsp3) is 0.982. The maximum atomic E-state index is 13.7. The predicted molar refractivity (Wildman–Crippen MR) is 363 cm³/mol. The van der Waals surface area contributed by atoms with E-state index in [1.165, 1.54) is 0 Å². The summed E-state index contributed by atoms with van der Waals surface area (Å²) in [5.74, 6) is -6.23. The molecular formula is C57H104N2O58P4. The van der Waals surface area contributed by atoms with Crippen molar-refractivity contribution >= 4 is 37.3 Å². The summed E-state index contributed by atoms with van der Waals surface area (Å²) in [4.78, 5) is 63.9. The molecule has 121 heavy (non-hydrogen) atoms. The largest absolute Gasteiger partial charge is 0.481 e. The van der Waals surface area contributed by atoms with E-state index >= 15 is 0 Å². The van der Waals surface area contributed by atoms with E-state index in [-0.39, 0.29) is 0 Å². The first-order valence-electron chi connectivity index (χ1n) is 36.3. The van der Waals surface area contributed by atoms with Crippen molar-refractivity contribution in [3.8, 4) is 0 Å². The number of aliphatic hydroxyl groups is 26. The molecule has 8 fully saturated rings. The lowest BCUT2D eigenvalue weighted by Crippen LogP contribution is -2.71. The molecule has 0 amide bonds. The topological polar surface area (TPSA) is 979 Å². The first-order chi connectivity index (χ1) is 56.5. The molecule has 8 aliphatic heterocycles. The third-order valence-corrected chi connectivity index (χ3v) is 24.1. The standard InChI is InChI=1S/C57H104N2O58P4/c58-1-3-97-119(91,92)116-21(12-66)43-28(75)30(77)47(112-54-46(29(76)27(74)38(104-54)14(67)6-60)111-52-36(83)32(79)42(20(11-65)102-52)107-51-35(82)31(78)41(19(10-64)101-51)106-49-33(80)25(72)23(70)18(9-63)100-49)55(108-43)110-45-37(84)53(105-39(15(68)7-61)48(45)113-50-34(81)26(73)24(71)22(103-50)13-99-118(88,89)90)109-44-17(115-121(95,96)117-120(93,94)98-4-2-59)5-57(87,56(85)86)114-40(44)16(69)8-62/h14-55,60-84,87H,1-13,58-59H2,(H,85,86)(H,91,92)(H,93,94)(H,95,96)(H2,88,89,90)/t14-,15-,16+,17+,18+,19+,20+,21-,22+,23-,24+,25-,26-,27-,28-,29-,30-,31+,32+,33+,34+,35+,36+,37-,38+,39+,40+,41-,42+,43+,44+,45+,46-,47-,48+,49+,50-,51-,52-,53+,54+,55+,57+/m0/s1. The van der Waals surface area contributed by atoms with Crippen molar-refractivity contribution in [3.05, 3.63) is 0 Å². The summed E-state index contributed by atoms with van der Waals surface area (Å²) in [6, 6.07) is 0. The molecule has 0 aromatic heterocycles. The number of phosphoric acid groups is 4. The number of carboxylic acids is 1. The summed E-state index contributed by atoms with van der Waals surface area (Å²) >= 11 is 0. The molecule has 0 spiro atoms. The molecule has 0 aliphatic carbocycles. The Morgan fingerprint density at radius 2 is 0.752 bits per heavy atom. The highest BCUT2D eigenvalue weighted by molar-refractivity contribution is 7.61. The fourth-order valence-electron chi connectivity index (χ4n) is 13.7. The summed E-state index contributed by atoms with van der Waals surface area (Å²) in [5, 5.41) is 301. The van der Waals surface area contributed by atoms with Crippen LogP contribution in [-0.4, -0.2) is 511 Å². The molecule has 8 saturated heterocycles. The average Bonchev–Trinajstić information content (AvgIpc) is 0.760. The highest BCUT2D eigenvalue weighted by Crippen LogP contribution is 2.62. The molecule has 8 rings (SSSR count). The Kier molecular flexibility index (Phi) is 38.4. The van der Waals surface area contributed by atoms with Crippen LogP contribution in [0.1, 0.15) is 6.42 Å². The molecule has 3 unspecified atom stereocenters. The number of phosphoric ester groups is 4. The van der Waals surface area contributed by atoms with Crippen LogP contribution in [-0.2, 0) is 121 Å². The van der Waals surface area contributed by atoms with Crippen LogP contribution in [0.4, 0.5) is 0 Å². The first kappa shape index (κ1) is 105. The number of rotatable bonds is 41. The Hall–Kier alpha value is -1.77. The zero-order valence-corrected chi connectivity index (χ0v) is 65.9. The molecule has 64 heteroatoms. The van der Waals surface area contributed by atoms with Crippen molar-refractivity contribution < 1.29 is 283 Å². The molecule has 0 bridgehead atoms. The Morgan fingerprint density at radius 3 is 1.21 bits per heavy atom. The van der Waals surface area contributed by atoms with Gasteiger partial charge in [0, 0.05) is 19.5 Å². The van der Waals surface area contributed by atoms with E-state index < -0.39 is 386 Å². The first-order valence-corrected chi connectivity index (χ1v) is 42.3. The minimum Gasteiger partial charge on any atom is -0.477 e. The minimum atomic E-state index is -6.39. The van der Waals surface area contributed by atoms with Crippen molar-refractivity contribution in [2.45, 2.75) is 270 Å². The third-order valence-electron chi connectivity index (χ3n) is 19.9. The minimum absolute atomic E-state index is 0.520. The number of ether oxygens (including phenoxy) is 15. The summed E-state index contributed by atoms with van der Waals surface area (Å²) in [7, 11) is -23.4. The van der Waals surface area contributed by atoms with Gasteiger partial charge in [0.05, 0.1) is 66.1 Å². The number of carbonyl (C=O) groups is 1. The molecular weight excluding hydrogens is 1760 g/mol. The molecule has 8 heterocycles. The van der Waals surface area contributed by atoms with Crippen LogP contribution in [0.2, 0.25) is 0 Å². The second-order valence-corrected chi connectivity index (χ2v) is 33.9. The highest BCUT2D eigenvalue weighted by Gasteiger charge is 2.64. The van der Waals surface area contributed by atoms with E-state index in [1.54, 1.807) is 0 Å². The van der Waals surface area contributed by atoms with Crippen molar-refractivity contribution in [2.75, 3.05) is 79.2 Å². The molecule has 710 valence electrons. The zero-order valence-electron chi connectivity index (χ0n) is 62.3. The molecule has 36 N–H and O–H groups in total. The number of hydrogen-bond donors (Lipinski definition) is 34. The van der Waals surface area contributed by atoms with Gasteiger partial charge >= 0.3 is 37.3 Å². The second kappa shape index (κ2) is 44.4. The van der Waals surface area contributed by atoms with Crippen molar-refractivity contribution in [1.29, 1.82) is 0 Å². The molecule has 0 aromatic carbocycles. The summed E-state index contributed by atoms with van der Waals surface area (Å²) in [5.41, 5.74) is 10.7. The molecule has 8 aliphatic rings. The Morgan fingerprint density at radius 1 is 0.380 bits per heavy atom. The molecule has 0 aromatic rings. The fourth-order valence-corrected chi connectivity index (χ4v) is 17.3. The maximum Gasteiger partial charge on any atom is 0.481 e. The van der Waals surface area contributed by atoms with Gasteiger partial charge in [0.1, 0.15) is 214 Å². The molecule has 0 radical (unpaired) electrons.